The summed E-state index contributed by atoms with van der Waals surface area (Å²) in [6.45, 7) is 0.516. The Morgan fingerprint density at radius 3 is 2.57 bits per heavy atom. The van der Waals surface area contributed by atoms with Crippen LogP contribution in [0.4, 0.5) is 0 Å². The summed E-state index contributed by atoms with van der Waals surface area (Å²) < 4.78 is 27.0. The van der Waals surface area contributed by atoms with Gasteiger partial charge in [-0.15, -0.1) is 0 Å². The lowest BCUT2D eigenvalue weighted by molar-refractivity contribution is -0.135. The molecule has 0 bridgehead atoms. The smallest absolute Gasteiger partial charge is 0.222 e. The summed E-state index contributed by atoms with van der Waals surface area (Å²) in [5, 5.41) is 0. The first-order valence-electron chi connectivity index (χ1n) is 7.28. The lowest BCUT2D eigenvalue weighted by atomic mass is 9.98. The Kier molecular flexibility index (Phi) is 3.75. The average Bonchev–Trinajstić information content (AvgIpc) is 2.89. The molecule has 21 heavy (non-hydrogen) atoms. The third-order valence-electron chi connectivity index (χ3n) is 4.55. The largest absolute Gasteiger partial charge is 0.341 e. The first kappa shape index (κ1) is 14.5. The van der Waals surface area contributed by atoms with E-state index in [0.29, 0.717) is 19.4 Å². The van der Waals surface area contributed by atoms with Crippen LogP contribution in [0, 0.1) is 0 Å². The van der Waals surface area contributed by atoms with Gasteiger partial charge in [0.15, 0.2) is 0 Å². The summed E-state index contributed by atoms with van der Waals surface area (Å²) in [5.41, 5.74) is 0.807. The number of likely N-dealkylation sites (tertiary alicyclic amines) is 1. The molecule has 1 aromatic carbocycles. The summed E-state index contributed by atoms with van der Waals surface area (Å²) in [6.07, 6.45) is 1.82. The van der Waals surface area contributed by atoms with Crippen LogP contribution in [0.15, 0.2) is 30.3 Å². The maximum Gasteiger partial charge on any atom is 0.222 e. The summed E-state index contributed by atoms with van der Waals surface area (Å²) >= 11 is 0. The molecule has 0 aromatic heterocycles. The second kappa shape index (κ2) is 5.42. The van der Waals surface area contributed by atoms with Crippen molar-refractivity contribution in [1.29, 1.82) is 0 Å². The number of carbonyl (C=O) groups is 1. The van der Waals surface area contributed by atoms with Gasteiger partial charge in [0.25, 0.3) is 0 Å². The van der Waals surface area contributed by atoms with Crippen LogP contribution in [-0.2, 0) is 20.6 Å². The Hall–Kier alpha value is -1.40. The molecule has 0 unspecified atom stereocenters. The number of nitrogens with zero attached hydrogens (tertiary/aromatic N) is 2. The fraction of sp³-hybridized carbons (Fsp3) is 0.533. The van der Waals surface area contributed by atoms with E-state index in [1.165, 1.54) is 0 Å². The van der Waals surface area contributed by atoms with E-state index in [0.717, 1.165) is 12.0 Å². The number of likely N-dealkylation sites (N-methyl/N-ethyl adjacent to an activating group) is 1. The zero-order valence-electron chi connectivity index (χ0n) is 12.1. The van der Waals surface area contributed by atoms with Crippen molar-refractivity contribution in [1.82, 2.24) is 9.21 Å². The lowest BCUT2D eigenvalue weighted by Crippen LogP contribution is -2.51. The normalized spacial score (nSPS) is 26.9. The van der Waals surface area contributed by atoms with Crippen LogP contribution < -0.4 is 0 Å². The molecule has 6 heteroatoms. The maximum absolute atomic E-state index is 12.7. The Balaban J connectivity index is 1.79. The Labute approximate surface area is 125 Å². The summed E-state index contributed by atoms with van der Waals surface area (Å²) in [5.74, 6) is 0.160. The molecule has 2 aliphatic heterocycles. The van der Waals surface area contributed by atoms with Crippen molar-refractivity contribution in [3.8, 4) is 0 Å². The van der Waals surface area contributed by atoms with Crippen molar-refractivity contribution >= 4 is 15.9 Å². The molecule has 0 saturated carbocycles. The zero-order chi connectivity index (χ0) is 15.0. The average molecular weight is 308 g/mol. The van der Waals surface area contributed by atoms with E-state index < -0.39 is 10.0 Å². The number of hydrogen-bond acceptors (Lipinski definition) is 3. The van der Waals surface area contributed by atoms with Crippen LogP contribution in [0.1, 0.15) is 24.8 Å². The van der Waals surface area contributed by atoms with Crippen LogP contribution >= 0.6 is 0 Å². The van der Waals surface area contributed by atoms with Crippen LogP contribution in [0.2, 0.25) is 0 Å². The van der Waals surface area contributed by atoms with E-state index in [2.05, 4.69) is 0 Å². The summed E-state index contributed by atoms with van der Waals surface area (Å²) in [7, 11) is -1.54. The van der Waals surface area contributed by atoms with Crippen molar-refractivity contribution in [3.63, 3.8) is 0 Å². The van der Waals surface area contributed by atoms with Gasteiger partial charge in [-0.3, -0.25) is 4.79 Å². The van der Waals surface area contributed by atoms with E-state index >= 15 is 0 Å². The molecule has 2 saturated heterocycles. The molecule has 114 valence electrons. The standard InChI is InChI=1S/C15H20N2O3S/c1-16-13-9-10-17(14(13)7-8-15(16)18)21(19,20)11-12-5-3-2-4-6-12/h2-6,13-14H,7-11H2,1H3/t13-,14-/m1/s1. The van der Waals surface area contributed by atoms with Crippen molar-refractivity contribution < 1.29 is 13.2 Å². The number of piperidine rings is 1. The molecule has 0 aliphatic carbocycles. The minimum atomic E-state index is -3.33. The van der Waals surface area contributed by atoms with Crippen molar-refractivity contribution in [3.05, 3.63) is 35.9 Å². The fourth-order valence-corrected chi connectivity index (χ4v) is 5.27. The predicted molar refractivity (Wildman–Crippen MR) is 80.0 cm³/mol. The molecule has 0 spiro atoms. The van der Waals surface area contributed by atoms with Gasteiger partial charge < -0.3 is 4.90 Å². The van der Waals surface area contributed by atoms with Crippen LogP contribution in [0.25, 0.3) is 0 Å². The van der Waals surface area contributed by atoms with Gasteiger partial charge >= 0.3 is 0 Å². The molecule has 2 fully saturated rings. The van der Waals surface area contributed by atoms with E-state index in [1.807, 2.05) is 30.3 Å². The van der Waals surface area contributed by atoms with Crippen molar-refractivity contribution in [2.75, 3.05) is 13.6 Å². The molecule has 1 amide bonds. The SMILES string of the molecule is CN1C(=O)CC[C@@H]2[C@H]1CCN2S(=O)(=O)Cc1ccccc1. The molecule has 1 aromatic rings. The number of fused-ring (bicyclic) bond motifs is 1. The highest BCUT2D eigenvalue weighted by Gasteiger charge is 2.45. The van der Waals surface area contributed by atoms with Gasteiger partial charge in [-0.1, -0.05) is 30.3 Å². The number of amides is 1. The fourth-order valence-electron chi connectivity index (χ4n) is 3.44. The summed E-state index contributed by atoms with van der Waals surface area (Å²) in [4.78, 5) is 13.5. The van der Waals surface area contributed by atoms with Gasteiger partial charge in [-0.05, 0) is 18.4 Å². The van der Waals surface area contributed by atoms with Gasteiger partial charge in [-0.2, -0.15) is 4.31 Å². The number of rotatable bonds is 3. The number of sulfonamides is 1. The first-order valence-corrected chi connectivity index (χ1v) is 8.89. The van der Waals surface area contributed by atoms with Crippen LogP contribution in [0.5, 0.6) is 0 Å². The molecule has 2 atom stereocenters. The van der Waals surface area contributed by atoms with Gasteiger partial charge in [-0.25, -0.2) is 8.42 Å². The molecule has 0 N–H and O–H groups in total. The van der Waals surface area contributed by atoms with Crippen LogP contribution in [-0.4, -0.2) is 49.2 Å². The second-order valence-electron chi connectivity index (χ2n) is 5.82. The van der Waals surface area contributed by atoms with Gasteiger partial charge in [0.1, 0.15) is 0 Å². The van der Waals surface area contributed by atoms with Gasteiger partial charge in [0.2, 0.25) is 15.9 Å². The Morgan fingerprint density at radius 1 is 1.14 bits per heavy atom. The molecule has 2 heterocycles. The second-order valence-corrected chi connectivity index (χ2v) is 7.74. The summed E-state index contributed by atoms with van der Waals surface area (Å²) in [6, 6.07) is 9.24. The highest BCUT2D eigenvalue weighted by Crippen LogP contribution is 2.33. The Bertz CT molecular complexity index is 630. The number of carbonyl (C=O) groups excluding carboxylic acids is 1. The van der Waals surface area contributed by atoms with Gasteiger partial charge in [0.05, 0.1) is 5.75 Å². The molecule has 5 nitrogen and oxygen atoms in total. The van der Waals surface area contributed by atoms with E-state index in [1.54, 1.807) is 16.3 Å². The molecule has 0 radical (unpaired) electrons. The van der Waals surface area contributed by atoms with Gasteiger partial charge in [0, 0.05) is 32.1 Å². The maximum atomic E-state index is 12.7. The van der Waals surface area contributed by atoms with E-state index in [9.17, 15) is 13.2 Å². The van der Waals surface area contributed by atoms with E-state index in [-0.39, 0.29) is 23.7 Å². The van der Waals surface area contributed by atoms with E-state index in [4.69, 9.17) is 0 Å². The highest BCUT2D eigenvalue weighted by molar-refractivity contribution is 7.88. The monoisotopic (exact) mass is 308 g/mol. The molecule has 3 rings (SSSR count). The highest BCUT2D eigenvalue weighted by atomic mass is 32.2. The predicted octanol–water partition coefficient (Wildman–Crippen LogP) is 1.21. The van der Waals surface area contributed by atoms with Crippen molar-refractivity contribution in [2.24, 2.45) is 0 Å². The third-order valence-corrected chi connectivity index (χ3v) is 6.42. The zero-order valence-corrected chi connectivity index (χ0v) is 12.9. The third kappa shape index (κ3) is 2.70. The molecular weight excluding hydrogens is 288 g/mol. The first-order chi connectivity index (χ1) is 9.99. The molecular formula is C15H20N2O3S. The number of hydrogen-bond donors (Lipinski definition) is 0. The Morgan fingerprint density at radius 2 is 1.86 bits per heavy atom. The number of benzene rings is 1. The minimum absolute atomic E-state index is 0.0364. The quantitative estimate of drug-likeness (QED) is 0.843. The van der Waals surface area contributed by atoms with Crippen molar-refractivity contribution in [2.45, 2.75) is 37.1 Å². The topological polar surface area (TPSA) is 57.7 Å². The molecule has 2 aliphatic rings. The minimum Gasteiger partial charge on any atom is -0.341 e. The lowest BCUT2D eigenvalue weighted by Gasteiger charge is -2.37. The van der Waals surface area contributed by atoms with Crippen LogP contribution in [0.3, 0.4) is 0 Å².